The second kappa shape index (κ2) is 6.05. The van der Waals surface area contributed by atoms with Crippen molar-refractivity contribution in [2.75, 3.05) is 25.1 Å². The highest BCUT2D eigenvalue weighted by atomic mass is 79.9. The molecular formula is C14H16BrN3O2S. The van der Waals surface area contributed by atoms with Crippen LogP contribution in [-0.4, -0.2) is 26.8 Å². The van der Waals surface area contributed by atoms with Crippen LogP contribution < -0.4 is 11.1 Å². The Bertz CT molecular complexity index is 743. The zero-order valence-electron chi connectivity index (χ0n) is 11.7. The zero-order chi connectivity index (χ0) is 15.6. The van der Waals surface area contributed by atoms with Crippen LogP contribution in [0.1, 0.15) is 0 Å². The maximum Gasteiger partial charge on any atom is 0.242 e. The van der Waals surface area contributed by atoms with Crippen LogP contribution >= 0.6 is 15.9 Å². The molecule has 0 aliphatic rings. The Hall–Kier alpha value is -1.57. The van der Waals surface area contributed by atoms with Gasteiger partial charge in [0, 0.05) is 24.3 Å². The van der Waals surface area contributed by atoms with Crippen molar-refractivity contribution in [2.24, 2.45) is 0 Å². The monoisotopic (exact) mass is 369 g/mol. The molecule has 2 aromatic carbocycles. The van der Waals surface area contributed by atoms with Gasteiger partial charge in [-0.3, -0.25) is 0 Å². The first-order valence-corrected chi connectivity index (χ1v) is 8.38. The first-order chi connectivity index (χ1) is 9.80. The molecule has 0 atom stereocenters. The Morgan fingerprint density at radius 2 is 1.71 bits per heavy atom. The maximum atomic E-state index is 12.0. The Labute approximate surface area is 132 Å². The lowest BCUT2D eigenvalue weighted by atomic mass is 10.2. The van der Waals surface area contributed by atoms with E-state index in [1.165, 1.54) is 26.2 Å². The van der Waals surface area contributed by atoms with Crippen LogP contribution in [-0.2, 0) is 10.0 Å². The largest absolute Gasteiger partial charge is 0.397 e. The smallest absolute Gasteiger partial charge is 0.242 e. The van der Waals surface area contributed by atoms with Gasteiger partial charge in [0.25, 0.3) is 0 Å². The molecule has 7 heteroatoms. The minimum Gasteiger partial charge on any atom is -0.397 e. The van der Waals surface area contributed by atoms with Crippen LogP contribution in [0.15, 0.2) is 51.8 Å². The molecule has 0 aromatic heterocycles. The van der Waals surface area contributed by atoms with Crippen molar-refractivity contribution in [1.82, 2.24) is 4.31 Å². The number of hydrogen-bond donors (Lipinski definition) is 2. The molecular weight excluding hydrogens is 354 g/mol. The predicted molar refractivity (Wildman–Crippen MR) is 89.2 cm³/mol. The van der Waals surface area contributed by atoms with E-state index < -0.39 is 10.0 Å². The molecule has 0 saturated heterocycles. The summed E-state index contributed by atoms with van der Waals surface area (Å²) in [6.07, 6.45) is 0. The molecule has 0 amide bonds. The summed E-state index contributed by atoms with van der Waals surface area (Å²) in [5.74, 6) is 0. The van der Waals surface area contributed by atoms with Gasteiger partial charge in [0.05, 0.1) is 16.3 Å². The number of nitrogens with one attached hydrogen (secondary N) is 1. The summed E-state index contributed by atoms with van der Waals surface area (Å²) >= 11 is 3.37. The molecule has 0 fully saturated rings. The molecule has 3 N–H and O–H groups in total. The number of benzene rings is 2. The van der Waals surface area contributed by atoms with Gasteiger partial charge in [0.15, 0.2) is 0 Å². The fourth-order valence-electron chi connectivity index (χ4n) is 1.71. The number of anilines is 3. The Morgan fingerprint density at radius 1 is 1.10 bits per heavy atom. The van der Waals surface area contributed by atoms with E-state index in [1.54, 1.807) is 6.07 Å². The summed E-state index contributed by atoms with van der Waals surface area (Å²) in [5, 5.41) is 3.15. The molecule has 5 nitrogen and oxygen atoms in total. The number of rotatable bonds is 4. The van der Waals surface area contributed by atoms with E-state index >= 15 is 0 Å². The van der Waals surface area contributed by atoms with Crippen LogP contribution in [0.4, 0.5) is 17.1 Å². The Balaban J connectivity index is 2.30. The number of sulfonamides is 1. The topological polar surface area (TPSA) is 75.4 Å². The van der Waals surface area contributed by atoms with Crippen LogP contribution in [0, 0.1) is 0 Å². The summed E-state index contributed by atoms with van der Waals surface area (Å²) in [7, 11) is -0.504. The highest BCUT2D eigenvalue weighted by Crippen LogP contribution is 2.27. The zero-order valence-corrected chi connectivity index (χ0v) is 14.1. The second-order valence-corrected chi connectivity index (χ2v) is 7.74. The van der Waals surface area contributed by atoms with Crippen molar-refractivity contribution in [1.29, 1.82) is 0 Å². The second-order valence-electron chi connectivity index (χ2n) is 4.67. The lowest BCUT2D eigenvalue weighted by molar-refractivity contribution is 0.521. The van der Waals surface area contributed by atoms with E-state index in [-0.39, 0.29) is 4.90 Å². The van der Waals surface area contributed by atoms with Crippen LogP contribution in [0.5, 0.6) is 0 Å². The van der Waals surface area contributed by atoms with E-state index in [9.17, 15) is 8.42 Å². The number of nitrogens with two attached hydrogens (primary N) is 1. The van der Waals surface area contributed by atoms with Gasteiger partial charge in [-0.05, 0) is 42.5 Å². The highest BCUT2D eigenvalue weighted by molar-refractivity contribution is 9.10. The van der Waals surface area contributed by atoms with Crippen molar-refractivity contribution in [3.63, 3.8) is 0 Å². The third kappa shape index (κ3) is 3.55. The van der Waals surface area contributed by atoms with E-state index in [2.05, 4.69) is 21.2 Å². The van der Waals surface area contributed by atoms with Gasteiger partial charge in [0.2, 0.25) is 10.0 Å². The third-order valence-corrected chi connectivity index (χ3v) is 5.26. The van der Waals surface area contributed by atoms with Crippen molar-refractivity contribution in [2.45, 2.75) is 4.90 Å². The van der Waals surface area contributed by atoms with Crippen molar-refractivity contribution in [3.05, 3.63) is 46.9 Å². The molecule has 112 valence electrons. The average Bonchev–Trinajstić information content (AvgIpc) is 2.43. The Kier molecular flexibility index (Phi) is 4.55. The molecule has 0 bridgehead atoms. The molecule has 2 rings (SSSR count). The van der Waals surface area contributed by atoms with Crippen molar-refractivity contribution in [3.8, 4) is 0 Å². The van der Waals surface area contributed by atoms with Gasteiger partial charge in [-0.1, -0.05) is 15.9 Å². The molecule has 0 spiro atoms. The number of nitrogens with zero attached hydrogens (tertiary/aromatic N) is 1. The lowest BCUT2D eigenvalue weighted by Crippen LogP contribution is -2.22. The number of hydrogen-bond acceptors (Lipinski definition) is 4. The van der Waals surface area contributed by atoms with Crippen LogP contribution in [0.3, 0.4) is 0 Å². The average molecular weight is 370 g/mol. The van der Waals surface area contributed by atoms with E-state index in [0.717, 1.165) is 14.5 Å². The minimum absolute atomic E-state index is 0.173. The molecule has 0 aliphatic heterocycles. The lowest BCUT2D eigenvalue weighted by Gasteiger charge is -2.14. The highest BCUT2D eigenvalue weighted by Gasteiger charge is 2.18. The van der Waals surface area contributed by atoms with Gasteiger partial charge < -0.3 is 11.1 Å². The quantitative estimate of drug-likeness (QED) is 0.812. The molecule has 0 saturated carbocycles. The van der Waals surface area contributed by atoms with Crippen LogP contribution in [0.25, 0.3) is 0 Å². The van der Waals surface area contributed by atoms with Crippen molar-refractivity contribution >= 4 is 43.0 Å². The first-order valence-electron chi connectivity index (χ1n) is 6.15. The molecule has 2 aromatic rings. The molecule has 0 radical (unpaired) electrons. The van der Waals surface area contributed by atoms with E-state index in [4.69, 9.17) is 5.73 Å². The van der Waals surface area contributed by atoms with Gasteiger partial charge in [-0.15, -0.1) is 0 Å². The summed E-state index contributed by atoms with van der Waals surface area (Å²) < 4.78 is 26.2. The predicted octanol–water partition coefficient (Wildman–Crippen LogP) is 3.03. The van der Waals surface area contributed by atoms with Gasteiger partial charge in [0.1, 0.15) is 0 Å². The number of nitrogen functional groups attached to an aromatic ring is 1. The SMILES string of the molecule is CN(C)S(=O)(=O)c1ccc(Nc2ccc(Br)cc2)c(N)c1. The molecule has 0 unspecified atom stereocenters. The summed E-state index contributed by atoms with van der Waals surface area (Å²) in [6, 6.07) is 12.3. The van der Waals surface area contributed by atoms with Gasteiger partial charge in [-0.2, -0.15) is 0 Å². The minimum atomic E-state index is -3.48. The molecule has 21 heavy (non-hydrogen) atoms. The summed E-state index contributed by atoms with van der Waals surface area (Å²) in [6.45, 7) is 0. The molecule has 0 aliphatic carbocycles. The van der Waals surface area contributed by atoms with E-state index in [1.807, 2.05) is 24.3 Å². The third-order valence-electron chi connectivity index (χ3n) is 2.92. The fraction of sp³-hybridized carbons (Fsp3) is 0.143. The normalized spacial score (nSPS) is 11.6. The Morgan fingerprint density at radius 3 is 2.24 bits per heavy atom. The summed E-state index contributed by atoms with van der Waals surface area (Å²) in [5.41, 5.74) is 7.85. The maximum absolute atomic E-state index is 12.0. The molecule has 0 heterocycles. The van der Waals surface area contributed by atoms with Gasteiger partial charge >= 0.3 is 0 Å². The standard InChI is InChI=1S/C14H16BrN3O2S/c1-18(2)21(19,20)12-7-8-14(13(16)9-12)17-11-5-3-10(15)4-6-11/h3-9,17H,16H2,1-2H3. The van der Waals surface area contributed by atoms with Crippen LogP contribution in [0.2, 0.25) is 0 Å². The van der Waals surface area contributed by atoms with Gasteiger partial charge in [-0.25, -0.2) is 12.7 Å². The first kappa shape index (κ1) is 15.8. The summed E-state index contributed by atoms with van der Waals surface area (Å²) in [4.78, 5) is 0.173. The number of halogens is 1. The fourth-order valence-corrected chi connectivity index (χ4v) is 2.92. The van der Waals surface area contributed by atoms with Crippen molar-refractivity contribution < 1.29 is 8.42 Å². The van der Waals surface area contributed by atoms with E-state index in [0.29, 0.717) is 11.4 Å².